The van der Waals surface area contributed by atoms with Crippen LogP contribution in [0, 0.1) is 6.92 Å². The number of benzene rings is 3. The predicted molar refractivity (Wildman–Crippen MR) is 129 cm³/mol. The molecule has 0 saturated carbocycles. The molecule has 7 heteroatoms. The number of hydrogen-bond acceptors (Lipinski definition) is 4. The molecule has 3 aromatic carbocycles. The second-order valence-electron chi connectivity index (χ2n) is 8.96. The monoisotopic (exact) mass is 464 g/mol. The molecule has 33 heavy (non-hydrogen) atoms. The maximum absolute atomic E-state index is 13.5. The Bertz CT molecular complexity index is 1240. The minimum Gasteiger partial charge on any atom is -0.476 e. The summed E-state index contributed by atoms with van der Waals surface area (Å²) in [4.78, 5) is 13.4. The Morgan fingerprint density at radius 3 is 2.33 bits per heavy atom. The van der Waals surface area contributed by atoms with E-state index in [1.807, 2.05) is 57.2 Å². The fourth-order valence-corrected chi connectivity index (χ4v) is 5.50. The Hall–Kier alpha value is -3.32. The lowest BCUT2D eigenvalue weighted by molar-refractivity contribution is -0.129. The molecule has 6 nitrogen and oxygen atoms in total. The molecule has 1 unspecified atom stereocenters. The van der Waals surface area contributed by atoms with E-state index >= 15 is 0 Å². The number of anilines is 1. The maximum atomic E-state index is 13.5. The van der Waals surface area contributed by atoms with E-state index in [9.17, 15) is 13.2 Å². The van der Waals surface area contributed by atoms with E-state index in [0.29, 0.717) is 17.9 Å². The molecule has 0 aliphatic carbocycles. The molecule has 4 rings (SSSR count). The van der Waals surface area contributed by atoms with Gasteiger partial charge < -0.3 is 10.1 Å². The van der Waals surface area contributed by atoms with Crippen LogP contribution in [-0.4, -0.2) is 32.5 Å². The second-order valence-corrected chi connectivity index (χ2v) is 10.8. The van der Waals surface area contributed by atoms with E-state index in [-0.39, 0.29) is 17.3 Å². The average molecular weight is 465 g/mol. The molecular formula is C26H28N2O4S. The van der Waals surface area contributed by atoms with Crippen molar-refractivity contribution in [1.29, 1.82) is 0 Å². The van der Waals surface area contributed by atoms with Crippen LogP contribution in [0.15, 0.2) is 83.8 Å². The average Bonchev–Trinajstić information content (AvgIpc) is 2.79. The third kappa shape index (κ3) is 5.03. The number of ether oxygens (including phenoxy) is 1. The highest BCUT2D eigenvalue weighted by atomic mass is 32.2. The number of rotatable bonds is 6. The highest BCUT2D eigenvalue weighted by Gasteiger charge is 2.38. The van der Waals surface area contributed by atoms with Gasteiger partial charge in [-0.1, -0.05) is 54.6 Å². The first kappa shape index (κ1) is 22.9. The lowest BCUT2D eigenvalue weighted by Crippen LogP contribution is -2.55. The van der Waals surface area contributed by atoms with Crippen molar-refractivity contribution in [1.82, 2.24) is 5.32 Å². The van der Waals surface area contributed by atoms with Gasteiger partial charge in [0.1, 0.15) is 5.75 Å². The summed E-state index contributed by atoms with van der Waals surface area (Å²) < 4.78 is 34.3. The summed E-state index contributed by atoms with van der Waals surface area (Å²) in [6.07, 6.45) is -0.345. The molecule has 0 spiro atoms. The van der Waals surface area contributed by atoms with Crippen molar-refractivity contribution in [2.45, 2.75) is 43.7 Å². The summed E-state index contributed by atoms with van der Waals surface area (Å²) in [7, 11) is -3.88. The molecule has 1 heterocycles. The van der Waals surface area contributed by atoms with Gasteiger partial charge in [0.25, 0.3) is 15.9 Å². The van der Waals surface area contributed by atoms with Gasteiger partial charge in [0.2, 0.25) is 0 Å². The lowest BCUT2D eigenvalue weighted by Gasteiger charge is -2.36. The van der Waals surface area contributed by atoms with Gasteiger partial charge in [0.05, 0.1) is 17.1 Å². The Morgan fingerprint density at radius 2 is 1.67 bits per heavy atom. The van der Waals surface area contributed by atoms with E-state index < -0.39 is 21.7 Å². The van der Waals surface area contributed by atoms with Gasteiger partial charge >= 0.3 is 0 Å². The smallest absolute Gasteiger partial charge is 0.264 e. The molecule has 0 saturated heterocycles. The molecule has 172 valence electrons. The molecule has 0 radical (unpaired) electrons. The van der Waals surface area contributed by atoms with E-state index in [1.165, 1.54) is 4.31 Å². The van der Waals surface area contributed by atoms with Crippen molar-refractivity contribution in [2.75, 3.05) is 10.8 Å². The first-order chi connectivity index (χ1) is 15.7. The number of carbonyl (C=O) groups is 1. The third-order valence-electron chi connectivity index (χ3n) is 5.56. The fraction of sp³-hybridized carbons (Fsp3) is 0.269. The first-order valence-corrected chi connectivity index (χ1v) is 12.3. The quantitative estimate of drug-likeness (QED) is 0.596. The molecule has 0 aromatic heterocycles. The largest absolute Gasteiger partial charge is 0.476 e. The topological polar surface area (TPSA) is 75.7 Å². The van der Waals surface area contributed by atoms with Gasteiger partial charge in [-0.05, 0) is 62.6 Å². The SMILES string of the molecule is Cc1ccc2c(c1)N(S(=O)(=O)c1ccccc1)CC(C(=O)NC(C)(C)Cc1ccccc1)O2. The zero-order chi connectivity index (χ0) is 23.6. The molecule has 3 aromatic rings. The van der Waals surface area contributed by atoms with Crippen LogP contribution >= 0.6 is 0 Å². The zero-order valence-corrected chi connectivity index (χ0v) is 19.8. The summed E-state index contributed by atoms with van der Waals surface area (Å²) in [6.45, 7) is 5.66. The van der Waals surface area contributed by atoms with Crippen molar-refractivity contribution in [3.05, 3.63) is 90.0 Å². The summed E-state index contributed by atoms with van der Waals surface area (Å²) in [5, 5.41) is 3.04. The standard InChI is InChI=1S/C26H28N2O4S/c1-19-14-15-23-22(16-19)28(33(30,31)21-12-8-5-9-13-21)18-24(32-23)25(29)27-26(2,3)17-20-10-6-4-7-11-20/h4-16,24H,17-18H2,1-3H3,(H,27,29). The van der Waals surface area contributed by atoms with Gasteiger partial charge in [-0.2, -0.15) is 0 Å². The maximum Gasteiger partial charge on any atom is 0.264 e. The van der Waals surface area contributed by atoms with Crippen LogP contribution in [0.5, 0.6) is 5.75 Å². The van der Waals surface area contributed by atoms with Crippen molar-refractivity contribution < 1.29 is 17.9 Å². The summed E-state index contributed by atoms with van der Waals surface area (Å²) >= 11 is 0. The van der Waals surface area contributed by atoms with Crippen LogP contribution in [0.4, 0.5) is 5.69 Å². The van der Waals surface area contributed by atoms with Crippen LogP contribution in [-0.2, 0) is 21.2 Å². The van der Waals surface area contributed by atoms with E-state index in [0.717, 1.165) is 11.1 Å². The molecular weight excluding hydrogens is 436 g/mol. The number of aryl methyl sites for hydroxylation is 1. The number of carbonyl (C=O) groups excluding carboxylic acids is 1. The Morgan fingerprint density at radius 1 is 1.03 bits per heavy atom. The third-order valence-corrected chi connectivity index (χ3v) is 7.35. The Labute approximate surface area is 195 Å². The van der Waals surface area contributed by atoms with Gasteiger partial charge in [0.15, 0.2) is 6.10 Å². The van der Waals surface area contributed by atoms with Crippen LogP contribution < -0.4 is 14.4 Å². The summed E-state index contributed by atoms with van der Waals surface area (Å²) in [5.74, 6) is 0.0165. The normalized spacial score (nSPS) is 16.0. The van der Waals surface area contributed by atoms with Crippen LogP contribution in [0.25, 0.3) is 0 Å². The molecule has 0 bridgehead atoms. The molecule has 1 amide bonds. The van der Waals surface area contributed by atoms with Crippen molar-refractivity contribution in [3.8, 4) is 5.75 Å². The van der Waals surface area contributed by atoms with Crippen LogP contribution in [0.1, 0.15) is 25.0 Å². The minimum absolute atomic E-state index is 0.110. The number of hydrogen-bond donors (Lipinski definition) is 1. The van der Waals surface area contributed by atoms with Crippen LogP contribution in [0.3, 0.4) is 0 Å². The summed E-state index contributed by atoms with van der Waals surface area (Å²) in [6, 6.07) is 23.5. The first-order valence-electron chi connectivity index (χ1n) is 10.9. The summed E-state index contributed by atoms with van der Waals surface area (Å²) in [5.41, 5.74) is 1.89. The molecule has 0 fully saturated rings. The highest BCUT2D eigenvalue weighted by molar-refractivity contribution is 7.92. The molecule has 1 atom stereocenters. The van der Waals surface area contributed by atoms with Crippen molar-refractivity contribution in [2.24, 2.45) is 0 Å². The predicted octanol–water partition coefficient (Wildman–Crippen LogP) is 4.09. The number of nitrogens with zero attached hydrogens (tertiary/aromatic N) is 1. The molecule has 1 aliphatic rings. The zero-order valence-electron chi connectivity index (χ0n) is 19.0. The Balaban J connectivity index is 1.61. The van der Waals surface area contributed by atoms with Gasteiger partial charge in [-0.15, -0.1) is 0 Å². The van der Waals surface area contributed by atoms with E-state index in [2.05, 4.69) is 5.32 Å². The van der Waals surface area contributed by atoms with Crippen LogP contribution in [0.2, 0.25) is 0 Å². The lowest BCUT2D eigenvalue weighted by atomic mass is 9.94. The number of amides is 1. The van der Waals surface area contributed by atoms with Crippen molar-refractivity contribution >= 4 is 21.6 Å². The van der Waals surface area contributed by atoms with Crippen molar-refractivity contribution in [3.63, 3.8) is 0 Å². The van der Waals surface area contributed by atoms with E-state index in [4.69, 9.17) is 4.74 Å². The number of sulfonamides is 1. The van der Waals surface area contributed by atoms with Gasteiger partial charge in [-0.3, -0.25) is 9.10 Å². The molecule has 1 aliphatic heterocycles. The van der Waals surface area contributed by atoms with Gasteiger partial charge in [0, 0.05) is 5.54 Å². The number of fused-ring (bicyclic) bond motifs is 1. The fourth-order valence-electron chi connectivity index (χ4n) is 4.01. The minimum atomic E-state index is -3.88. The Kier molecular flexibility index (Phi) is 6.17. The van der Waals surface area contributed by atoms with E-state index in [1.54, 1.807) is 42.5 Å². The number of nitrogens with one attached hydrogen (secondary N) is 1. The molecule has 1 N–H and O–H groups in total. The van der Waals surface area contributed by atoms with Gasteiger partial charge in [-0.25, -0.2) is 8.42 Å². The second kappa shape index (κ2) is 8.90. The highest BCUT2D eigenvalue weighted by Crippen LogP contribution is 2.37.